The molecule has 0 radical (unpaired) electrons. The van der Waals surface area contributed by atoms with Gasteiger partial charge in [-0.1, -0.05) is 12.5 Å². The molecule has 0 unspecified atom stereocenters. The number of amides is 1. The summed E-state index contributed by atoms with van der Waals surface area (Å²) in [6.45, 7) is 2.66. The lowest BCUT2D eigenvalue weighted by Gasteiger charge is -2.25. The van der Waals surface area contributed by atoms with Crippen LogP contribution in [0.3, 0.4) is 0 Å². The van der Waals surface area contributed by atoms with Crippen LogP contribution in [0.5, 0.6) is 0 Å². The van der Waals surface area contributed by atoms with Gasteiger partial charge >= 0.3 is 0 Å². The van der Waals surface area contributed by atoms with Crippen molar-refractivity contribution in [3.05, 3.63) is 34.9 Å². The van der Waals surface area contributed by atoms with Gasteiger partial charge in [0, 0.05) is 25.2 Å². The van der Waals surface area contributed by atoms with E-state index in [1.54, 1.807) is 0 Å². The smallest absolute Gasteiger partial charge is 0.251 e. The van der Waals surface area contributed by atoms with Crippen LogP contribution in [0.25, 0.3) is 0 Å². The molecule has 0 bridgehead atoms. The molecule has 0 spiro atoms. The van der Waals surface area contributed by atoms with Crippen molar-refractivity contribution in [1.82, 2.24) is 10.6 Å². The molecule has 18 heavy (non-hydrogen) atoms. The molecule has 2 aliphatic rings. The third-order valence-corrected chi connectivity index (χ3v) is 3.88. The summed E-state index contributed by atoms with van der Waals surface area (Å²) in [7, 11) is 0. The normalized spacial score (nSPS) is 17.6. The molecular weight excluding hydrogens is 248 g/mol. The first kappa shape index (κ1) is 13.4. The monoisotopic (exact) mass is 266 g/mol. The Kier molecular flexibility index (Phi) is 4.25. The summed E-state index contributed by atoms with van der Waals surface area (Å²) in [5.74, 6) is 0.793. The van der Waals surface area contributed by atoms with Crippen molar-refractivity contribution in [1.29, 1.82) is 0 Å². The maximum Gasteiger partial charge on any atom is 0.251 e. The highest BCUT2D eigenvalue weighted by atomic mass is 35.5. The van der Waals surface area contributed by atoms with Gasteiger partial charge in [-0.3, -0.25) is 4.79 Å². The molecule has 1 amide bonds. The van der Waals surface area contributed by atoms with Crippen molar-refractivity contribution in [2.75, 3.05) is 6.54 Å². The van der Waals surface area contributed by atoms with Crippen LogP contribution in [0.4, 0.5) is 0 Å². The Bertz CT molecular complexity index is 443. The van der Waals surface area contributed by atoms with Crippen molar-refractivity contribution >= 4 is 18.3 Å². The second-order valence-electron chi connectivity index (χ2n) is 5.09. The topological polar surface area (TPSA) is 41.1 Å². The van der Waals surface area contributed by atoms with Gasteiger partial charge in [-0.15, -0.1) is 12.4 Å². The number of carbonyl (C=O) groups is 1. The number of hydrogen-bond donors (Lipinski definition) is 2. The Morgan fingerprint density at radius 1 is 1.28 bits per heavy atom. The highest BCUT2D eigenvalue weighted by Gasteiger charge is 2.19. The van der Waals surface area contributed by atoms with Crippen LogP contribution in [0.1, 0.15) is 40.7 Å². The van der Waals surface area contributed by atoms with Crippen LogP contribution in [-0.2, 0) is 13.1 Å². The van der Waals surface area contributed by atoms with Crippen molar-refractivity contribution in [2.24, 2.45) is 5.92 Å². The van der Waals surface area contributed by atoms with Crippen molar-refractivity contribution in [3.63, 3.8) is 0 Å². The van der Waals surface area contributed by atoms with Crippen LogP contribution in [0.15, 0.2) is 18.2 Å². The lowest BCUT2D eigenvalue weighted by atomic mass is 9.85. The largest absolute Gasteiger partial charge is 0.352 e. The highest BCUT2D eigenvalue weighted by Crippen LogP contribution is 2.25. The van der Waals surface area contributed by atoms with Crippen molar-refractivity contribution in [3.8, 4) is 0 Å². The first-order chi connectivity index (χ1) is 8.33. The molecule has 1 aromatic carbocycles. The van der Waals surface area contributed by atoms with E-state index >= 15 is 0 Å². The fourth-order valence-corrected chi connectivity index (χ4v) is 2.47. The number of fused-ring (bicyclic) bond motifs is 1. The van der Waals surface area contributed by atoms with E-state index in [2.05, 4.69) is 16.7 Å². The van der Waals surface area contributed by atoms with Crippen LogP contribution in [0, 0.1) is 5.92 Å². The number of hydrogen-bond acceptors (Lipinski definition) is 2. The highest BCUT2D eigenvalue weighted by molar-refractivity contribution is 5.94. The lowest BCUT2D eigenvalue weighted by molar-refractivity contribution is 0.0939. The Morgan fingerprint density at radius 2 is 2.06 bits per heavy atom. The average Bonchev–Trinajstić information content (AvgIpc) is 2.73. The maximum absolute atomic E-state index is 12.0. The summed E-state index contributed by atoms with van der Waals surface area (Å²) >= 11 is 0. The summed E-state index contributed by atoms with van der Waals surface area (Å²) in [4.78, 5) is 12.0. The molecule has 2 N–H and O–H groups in total. The molecule has 1 aliphatic carbocycles. The molecule has 3 nitrogen and oxygen atoms in total. The molecule has 1 aliphatic heterocycles. The molecule has 4 heteroatoms. The van der Waals surface area contributed by atoms with E-state index in [1.165, 1.54) is 30.4 Å². The predicted molar refractivity (Wildman–Crippen MR) is 73.9 cm³/mol. The van der Waals surface area contributed by atoms with Crippen LogP contribution >= 0.6 is 12.4 Å². The van der Waals surface area contributed by atoms with E-state index in [-0.39, 0.29) is 18.3 Å². The van der Waals surface area contributed by atoms with Crippen molar-refractivity contribution in [2.45, 2.75) is 32.4 Å². The van der Waals surface area contributed by atoms with Crippen LogP contribution in [0.2, 0.25) is 0 Å². The Balaban J connectivity index is 0.00000120. The molecule has 1 aromatic rings. The molecule has 0 aromatic heterocycles. The quantitative estimate of drug-likeness (QED) is 0.881. The minimum atomic E-state index is 0. The van der Waals surface area contributed by atoms with Gasteiger partial charge in [0.05, 0.1) is 0 Å². The van der Waals surface area contributed by atoms with Crippen LogP contribution < -0.4 is 10.6 Å². The summed E-state index contributed by atoms with van der Waals surface area (Å²) in [6.07, 6.45) is 3.87. The number of halogens is 1. The molecule has 0 atom stereocenters. The fourth-order valence-electron chi connectivity index (χ4n) is 2.47. The second kappa shape index (κ2) is 5.72. The van der Waals surface area contributed by atoms with Gasteiger partial charge in [0.1, 0.15) is 0 Å². The number of nitrogens with one attached hydrogen (secondary N) is 2. The SMILES string of the molecule is Cl.O=C(NCC1CCC1)c1ccc2c(c1)CNC2. The minimum absolute atomic E-state index is 0. The third kappa shape index (κ3) is 2.68. The zero-order valence-corrected chi connectivity index (χ0v) is 11.2. The summed E-state index contributed by atoms with van der Waals surface area (Å²) in [6, 6.07) is 6.01. The van der Waals surface area contributed by atoms with Gasteiger partial charge < -0.3 is 10.6 Å². The zero-order chi connectivity index (χ0) is 11.7. The van der Waals surface area contributed by atoms with Gasteiger partial charge in [0.15, 0.2) is 0 Å². The average molecular weight is 267 g/mol. The standard InChI is InChI=1S/C14H18N2O.ClH/c17-14(16-7-10-2-1-3-10)11-4-5-12-8-15-9-13(12)6-11;/h4-6,10,15H,1-3,7-9H2,(H,16,17);1H. The molecule has 1 saturated carbocycles. The Hall–Kier alpha value is -1.06. The molecule has 0 saturated heterocycles. The van der Waals surface area contributed by atoms with Gasteiger partial charge in [-0.05, 0) is 42.0 Å². The second-order valence-corrected chi connectivity index (χ2v) is 5.09. The summed E-state index contributed by atoms with van der Waals surface area (Å²) in [5, 5.41) is 6.32. The summed E-state index contributed by atoms with van der Waals surface area (Å²) < 4.78 is 0. The molecule has 98 valence electrons. The predicted octanol–water partition coefficient (Wildman–Crippen LogP) is 2.24. The Labute approximate surface area is 114 Å². The lowest BCUT2D eigenvalue weighted by Crippen LogP contribution is -2.32. The molecular formula is C14H19ClN2O. The molecule has 1 heterocycles. The summed E-state index contributed by atoms with van der Waals surface area (Å²) in [5.41, 5.74) is 3.38. The van der Waals surface area contributed by atoms with E-state index in [9.17, 15) is 4.79 Å². The molecule has 1 fully saturated rings. The number of carbonyl (C=O) groups excluding carboxylic acids is 1. The third-order valence-electron chi connectivity index (χ3n) is 3.88. The Morgan fingerprint density at radius 3 is 2.78 bits per heavy atom. The first-order valence-corrected chi connectivity index (χ1v) is 6.43. The van der Waals surface area contributed by atoms with Gasteiger partial charge in [-0.2, -0.15) is 0 Å². The van der Waals surface area contributed by atoms with Gasteiger partial charge in [-0.25, -0.2) is 0 Å². The van der Waals surface area contributed by atoms with Gasteiger partial charge in [0.2, 0.25) is 0 Å². The maximum atomic E-state index is 12.0. The fraction of sp³-hybridized carbons (Fsp3) is 0.500. The first-order valence-electron chi connectivity index (χ1n) is 6.43. The molecule has 3 rings (SSSR count). The minimum Gasteiger partial charge on any atom is -0.352 e. The van der Waals surface area contributed by atoms with E-state index in [1.807, 2.05) is 12.1 Å². The van der Waals surface area contributed by atoms with E-state index in [0.29, 0.717) is 0 Å². The van der Waals surface area contributed by atoms with E-state index < -0.39 is 0 Å². The zero-order valence-electron chi connectivity index (χ0n) is 10.4. The van der Waals surface area contributed by atoms with E-state index in [0.717, 1.165) is 31.1 Å². The van der Waals surface area contributed by atoms with Gasteiger partial charge in [0.25, 0.3) is 5.91 Å². The van der Waals surface area contributed by atoms with E-state index in [4.69, 9.17) is 0 Å². The van der Waals surface area contributed by atoms with Crippen molar-refractivity contribution < 1.29 is 4.79 Å². The number of rotatable bonds is 3. The number of benzene rings is 1. The van der Waals surface area contributed by atoms with Crippen LogP contribution in [-0.4, -0.2) is 12.5 Å².